The lowest BCUT2D eigenvalue weighted by Crippen LogP contribution is -2.41. The minimum Gasteiger partial charge on any atom is -0.386 e. The predicted molar refractivity (Wildman–Crippen MR) is 103 cm³/mol. The average Bonchev–Trinajstić information content (AvgIpc) is 2.91. The van der Waals surface area contributed by atoms with Crippen LogP contribution in [0.5, 0.6) is 0 Å². The summed E-state index contributed by atoms with van der Waals surface area (Å²) in [5.74, 6) is -2.28. The van der Waals surface area contributed by atoms with Crippen molar-refractivity contribution in [2.75, 3.05) is 6.54 Å². The van der Waals surface area contributed by atoms with Gasteiger partial charge in [0, 0.05) is 11.6 Å². The van der Waals surface area contributed by atoms with Crippen LogP contribution in [0.4, 0.5) is 13.6 Å². The van der Waals surface area contributed by atoms with E-state index in [1.54, 1.807) is 13.0 Å². The van der Waals surface area contributed by atoms with E-state index >= 15 is 0 Å². The van der Waals surface area contributed by atoms with E-state index in [9.17, 15) is 23.5 Å². The van der Waals surface area contributed by atoms with Crippen LogP contribution in [0.3, 0.4) is 0 Å². The number of nitrogens with one attached hydrogen (secondary N) is 1. The number of rotatable bonds is 4. The molecule has 7 heteroatoms. The highest BCUT2D eigenvalue weighted by Gasteiger charge is 2.49. The van der Waals surface area contributed by atoms with Gasteiger partial charge in [-0.25, -0.2) is 13.6 Å². The van der Waals surface area contributed by atoms with Crippen LogP contribution in [0, 0.1) is 11.6 Å². The molecule has 1 heterocycles. The van der Waals surface area contributed by atoms with Crippen LogP contribution in [0.1, 0.15) is 24.2 Å². The maximum absolute atomic E-state index is 13.9. The quantitative estimate of drug-likeness (QED) is 0.662. The summed E-state index contributed by atoms with van der Waals surface area (Å²) in [5.41, 5.74) is -0.909. The van der Waals surface area contributed by atoms with Gasteiger partial charge in [-0.05, 0) is 35.4 Å². The van der Waals surface area contributed by atoms with Gasteiger partial charge in [0.15, 0.2) is 0 Å². The zero-order valence-corrected chi connectivity index (χ0v) is 15.5. The Hall–Kier alpha value is -3.32. The first-order valence-corrected chi connectivity index (χ1v) is 9.06. The monoisotopic (exact) mass is 396 g/mol. The van der Waals surface area contributed by atoms with Gasteiger partial charge in [0.05, 0.1) is 12.6 Å². The summed E-state index contributed by atoms with van der Waals surface area (Å²) < 4.78 is 27.0. The van der Waals surface area contributed by atoms with Crippen LogP contribution >= 0.6 is 0 Å². The molecule has 0 bridgehead atoms. The SMILES string of the molecule is CC1(c2ccc3ccccc3c2)NC(=O)N(CC(O)c2ccc(F)cc2F)C1=O. The molecule has 2 N–H and O–H groups in total. The predicted octanol–water partition coefficient (Wildman–Crippen LogP) is 3.62. The first-order chi connectivity index (χ1) is 13.8. The summed E-state index contributed by atoms with van der Waals surface area (Å²) >= 11 is 0. The van der Waals surface area contributed by atoms with Crippen molar-refractivity contribution >= 4 is 22.7 Å². The molecular formula is C22H18F2N2O3. The summed E-state index contributed by atoms with van der Waals surface area (Å²) in [6.07, 6.45) is -1.48. The molecule has 1 saturated heterocycles. The Morgan fingerprint density at radius 2 is 1.76 bits per heavy atom. The Morgan fingerprint density at radius 1 is 1.03 bits per heavy atom. The number of nitrogens with zero attached hydrogens (tertiary/aromatic N) is 1. The molecule has 0 radical (unpaired) electrons. The lowest BCUT2D eigenvalue weighted by molar-refractivity contribution is -0.132. The topological polar surface area (TPSA) is 69.6 Å². The van der Waals surface area contributed by atoms with Crippen molar-refractivity contribution in [1.29, 1.82) is 0 Å². The molecule has 2 atom stereocenters. The number of benzene rings is 3. The van der Waals surface area contributed by atoms with Crippen molar-refractivity contribution in [3.8, 4) is 0 Å². The van der Waals surface area contributed by atoms with Gasteiger partial charge in [0.25, 0.3) is 5.91 Å². The highest BCUT2D eigenvalue weighted by atomic mass is 19.1. The smallest absolute Gasteiger partial charge is 0.325 e. The van der Waals surface area contributed by atoms with E-state index in [-0.39, 0.29) is 5.56 Å². The van der Waals surface area contributed by atoms with E-state index in [2.05, 4.69) is 5.32 Å². The Bertz CT molecular complexity index is 1130. The van der Waals surface area contributed by atoms with Gasteiger partial charge in [0.1, 0.15) is 17.2 Å². The molecule has 2 unspecified atom stereocenters. The highest BCUT2D eigenvalue weighted by molar-refractivity contribution is 6.07. The first-order valence-electron chi connectivity index (χ1n) is 9.06. The second kappa shape index (κ2) is 6.93. The van der Waals surface area contributed by atoms with E-state index in [0.717, 1.165) is 27.8 Å². The number of urea groups is 1. The number of amides is 3. The molecule has 3 aromatic carbocycles. The van der Waals surface area contributed by atoms with Crippen LogP contribution in [0.25, 0.3) is 10.8 Å². The maximum atomic E-state index is 13.9. The number of halogens is 2. The van der Waals surface area contributed by atoms with Gasteiger partial charge in [0.2, 0.25) is 0 Å². The molecule has 29 heavy (non-hydrogen) atoms. The Kier molecular flexibility index (Phi) is 4.55. The summed E-state index contributed by atoms with van der Waals surface area (Å²) in [6, 6.07) is 15.1. The van der Waals surface area contributed by atoms with Gasteiger partial charge < -0.3 is 10.4 Å². The average molecular weight is 396 g/mol. The Morgan fingerprint density at radius 3 is 2.48 bits per heavy atom. The van der Waals surface area contributed by atoms with Crippen molar-refractivity contribution in [3.05, 3.63) is 83.4 Å². The third kappa shape index (κ3) is 3.23. The van der Waals surface area contributed by atoms with E-state index in [1.165, 1.54) is 0 Å². The molecule has 1 aliphatic rings. The zero-order valence-electron chi connectivity index (χ0n) is 15.5. The minimum absolute atomic E-state index is 0.189. The number of β-amino-alcohol motifs (C(OH)–C–C–N with tert-alkyl or cyclic N) is 1. The van der Waals surface area contributed by atoms with Gasteiger partial charge >= 0.3 is 6.03 Å². The normalized spacial score (nSPS) is 20.2. The largest absolute Gasteiger partial charge is 0.386 e. The fourth-order valence-electron chi connectivity index (χ4n) is 3.60. The number of hydrogen-bond acceptors (Lipinski definition) is 3. The van der Waals surface area contributed by atoms with E-state index in [1.807, 2.05) is 36.4 Å². The molecule has 1 fully saturated rings. The fraction of sp³-hybridized carbons (Fsp3) is 0.182. The minimum atomic E-state index is -1.48. The summed E-state index contributed by atoms with van der Waals surface area (Å²) in [7, 11) is 0. The molecular weight excluding hydrogens is 378 g/mol. The number of aliphatic hydroxyl groups excluding tert-OH is 1. The third-order valence-electron chi connectivity index (χ3n) is 5.28. The zero-order chi connectivity index (χ0) is 20.8. The number of fused-ring (bicyclic) bond motifs is 1. The summed E-state index contributed by atoms with van der Waals surface area (Å²) in [4.78, 5) is 26.4. The Labute approximate surface area is 165 Å². The Balaban J connectivity index is 1.62. The van der Waals surface area contributed by atoms with Crippen LogP contribution in [0.2, 0.25) is 0 Å². The molecule has 1 aliphatic heterocycles. The molecule has 0 aliphatic carbocycles. The van der Waals surface area contributed by atoms with E-state index in [0.29, 0.717) is 11.6 Å². The molecule has 0 spiro atoms. The summed E-state index contributed by atoms with van der Waals surface area (Å²) in [5, 5.41) is 14.9. The van der Waals surface area contributed by atoms with Crippen molar-refractivity contribution in [3.63, 3.8) is 0 Å². The lowest BCUT2D eigenvalue weighted by Gasteiger charge is -2.23. The molecule has 5 nitrogen and oxygen atoms in total. The van der Waals surface area contributed by atoms with Crippen molar-refractivity contribution in [2.24, 2.45) is 0 Å². The van der Waals surface area contributed by atoms with Crippen molar-refractivity contribution in [2.45, 2.75) is 18.6 Å². The van der Waals surface area contributed by atoms with Crippen LogP contribution in [0.15, 0.2) is 60.7 Å². The number of carbonyl (C=O) groups excluding carboxylic acids is 2. The molecule has 4 rings (SSSR count). The van der Waals surface area contributed by atoms with Gasteiger partial charge in [-0.15, -0.1) is 0 Å². The fourth-order valence-corrected chi connectivity index (χ4v) is 3.60. The second-order valence-corrected chi connectivity index (χ2v) is 7.21. The third-order valence-corrected chi connectivity index (χ3v) is 5.28. The van der Waals surface area contributed by atoms with E-state index in [4.69, 9.17) is 0 Å². The molecule has 3 aromatic rings. The van der Waals surface area contributed by atoms with Crippen LogP contribution < -0.4 is 5.32 Å². The maximum Gasteiger partial charge on any atom is 0.325 e. The van der Waals surface area contributed by atoms with Crippen LogP contribution in [-0.4, -0.2) is 28.5 Å². The van der Waals surface area contributed by atoms with Gasteiger partial charge in [-0.1, -0.05) is 42.5 Å². The van der Waals surface area contributed by atoms with Crippen molar-refractivity contribution in [1.82, 2.24) is 10.2 Å². The standard InChI is InChI=1S/C22H18F2N2O3/c1-22(15-7-6-13-4-2-3-5-14(13)10-15)20(28)26(21(29)25-22)12-19(27)17-9-8-16(23)11-18(17)24/h2-11,19,27H,12H2,1H3,(H,25,29). The van der Waals surface area contributed by atoms with E-state index < -0.39 is 41.8 Å². The molecule has 0 aromatic heterocycles. The molecule has 3 amide bonds. The second-order valence-electron chi connectivity index (χ2n) is 7.21. The highest BCUT2D eigenvalue weighted by Crippen LogP contribution is 2.32. The van der Waals surface area contributed by atoms with Gasteiger partial charge in [-0.2, -0.15) is 0 Å². The number of aliphatic hydroxyl groups is 1. The number of imide groups is 1. The van der Waals surface area contributed by atoms with Crippen molar-refractivity contribution < 1.29 is 23.5 Å². The van der Waals surface area contributed by atoms with Crippen LogP contribution in [-0.2, 0) is 10.3 Å². The number of carbonyl (C=O) groups is 2. The molecule has 148 valence electrons. The summed E-state index contributed by atoms with van der Waals surface area (Å²) in [6.45, 7) is 1.14. The molecule has 0 saturated carbocycles. The first kappa shape index (κ1) is 19.0. The number of hydrogen-bond donors (Lipinski definition) is 2. The lowest BCUT2D eigenvalue weighted by atomic mass is 9.90. The van der Waals surface area contributed by atoms with Gasteiger partial charge in [-0.3, -0.25) is 9.69 Å².